The number of rotatable bonds is 1. The highest BCUT2D eigenvalue weighted by Crippen LogP contribution is 2.36. The van der Waals surface area contributed by atoms with Crippen LogP contribution in [0, 0.1) is 5.92 Å². The molecule has 1 fully saturated rings. The summed E-state index contributed by atoms with van der Waals surface area (Å²) in [6.45, 7) is 3.16. The second kappa shape index (κ2) is 2.75. The van der Waals surface area contributed by atoms with Crippen molar-refractivity contribution in [3.63, 3.8) is 0 Å². The van der Waals surface area contributed by atoms with Crippen LogP contribution in [0.4, 0.5) is 4.39 Å². The Morgan fingerprint density at radius 3 is 2.45 bits per heavy atom. The summed E-state index contributed by atoms with van der Waals surface area (Å²) >= 11 is 0. The van der Waals surface area contributed by atoms with E-state index in [-0.39, 0.29) is 12.5 Å². The fourth-order valence-electron chi connectivity index (χ4n) is 1.29. The van der Waals surface area contributed by atoms with Crippen LogP contribution in [0.3, 0.4) is 0 Å². The van der Waals surface area contributed by atoms with Gasteiger partial charge in [0.25, 0.3) is 0 Å². The number of hydrogen-bond acceptors (Lipinski definition) is 2. The maximum Gasteiger partial charge on any atom is 0.123 e. The van der Waals surface area contributed by atoms with Crippen LogP contribution in [-0.2, 0) is 4.74 Å². The topological polar surface area (TPSA) is 29.5 Å². The molecule has 1 N–H and O–H groups in total. The van der Waals surface area contributed by atoms with Crippen molar-refractivity contribution in [1.82, 2.24) is 0 Å². The van der Waals surface area contributed by atoms with Crippen LogP contribution in [0.5, 0.6) is 0 Å². The summed E-state index contributed by atoms with van der Waals surface area (Å²) in [5, 5.41) is 8.88. The molecule has 1 heterocycles. The summed E-state index contributed by atoms with van der Waals surface area (Å²) in [6, 6.07) is -0.887. The zero-order valence-corrected chi connectivity index (χ0v) is 6.75. The lowest BCUT2D eigenvalue weighted by Crippen LogP contribution is -2.36. The highest BCUT2D eigenvalue weighted by atomic mass is 19.1. The van der Waals surface area contributed by atoms with Crippen molar-refractivity contribution in [1.29, 1.82) is 0 Å². The molecule has 0 aromatic rings. The minimum Gasteiger partial charge on any atom is -0.393 e. The van der Waals surface area contributed by atoms with Gasteiger partial charge in [0.15, 0.2) is 0 Å². The maximum atomic E-state index is 13.0. The van der Waals surface area contributed by atoms with E-state index < -0.39 is 17.8 Å². The molecule has 2 radical (unpaired) electrons. The van der Waals surface area contributed by atoms with E-state index in [0.717, 1.165) is 0 Å². The van der Waals surface area contributed by atoms with E-state index in [2.05, 4.69) is 0 Å². The molecule has 1 aliphatic rings. The second-order valence-electron chi connectivity index (χ2n) is 3.29. The fraction of sp³-hybridized carbons (Fsp3) is 1.00. The van der Waals surface area contributed by atoms with Crippen LogP contribution in [0.15, 0.2) is 0 Å². The molecular formula is C7H12BFO2. The van der Waals surface area contributed by atoms with E-state index >= 15 is 0 Å². The van der Waals surface area contributed by atoms with Gasteiger partial charge in [0, 0.05) is 11.9 Å². The minimum atomic E-state index is -1.17. The molecule has 4 atom stereocenters. The third-order valence-electron chi connectivity index (χ3n) is 2.47. The van der Waals surface area contributed by atoms with Gasteiger partial charge in [0.1, 0.15) is 14.0 Å². The SMILES string of the molecule is [B][C@@H]1O[C@](C)(CO)[C@H](C)C1F. The molecule has 62 valence electrons. The first kappa shape index (κ1) is 9.01. The lowest BCUT2D eigenvalue weighted by molar-refractivity contribution is -0.0545. The average molecular weight is 158 g/mol. The Morgan fingerprint density at radius 2 is 2.27 bits per heavy atom. The predicted octanol–water partition coefficient (Wildman–Crippen LogP) is 0.236. The van der Waals surface area contributed by atoms with Crippen molar-refractivity contribution < 1.29 is 14.2 Å². The van der Waals surface area contributed by atoms with Gasteiger partial charge in [0.05, 0.1) is 12.2 Å². The Balaban J connectivity index is 2.73. The first-order valence-corrected chi connectivity index (χ1v) is 3.69. The van der Waals surface area contributed by atoms with Crippen molar-refractivity contribution in [2.45, 2.75) is 31.6 Å². The number of hydrogen-bond donors (Lipinski definition) is 1. The van der Waals surface area contributed by atoms with Crippen molar-refractivity contribution >= 4 is 7.85 Å². The van der Waals surface area contributed by atoms with Gasteiger partial charge in [0.2, 0.25) is 0 Å². The zero-order valence-electron chi connectivity index (χ0n) is 6.75. The molecule has 0 aromatic heterocycles. The molecule has 0 aromatic carbocycles. The number of alkyl halides is 1. The van der Waals surface area contributed by atoms with Crippen molar-refractivity contribution in [2.75, 3.05) is 6.61 Å². The van der Waals surface area contributed by atoms with Crippen LogP contribution in [0.1, 0.15) is 13.8 Å². The van der Waals surface area contributed by atoms with E-state index in [1.54, 1.807) is 13.8 Å². The third-order valence-corrected chi connectivity index (χ3v) is 2.47. The molecule has 0 bridgehead atoms. The van der Waals surface area contributed by atoms with Gasteiger partial charge in [-0.15, -0.1) is 0 Å². The van der Waals surface area contributed by atoms with Crippen molar-refractivity contribution in [3.8, 4) is 0 Å². The molecule has 0 saturated carbocycles. The third kappa shape index (κ3) is 1.29. The van der Waals surface area contributed by atoms with Gasteiger partial charge >= 0.3 is 0 Å². The number of aliphatic hydroxyl groups is 1. The average Bonchev–Trinajstić information content (AvgIpc) is 2.17. The molecule has 0 amide bonds. The van der Waals surface area contributed by atoms with Gasteiger partial charge in [-0.1, -0.05) is 6.92 Å². The molecule has 1 unspecified atom stereocenters. The van der Waals surface area contributed by atoms with Crippen LogP contribution in [-0.4, -0.2) is 37.3 Å². The summed E-state index contributed by atoms with van der Waals surface area (Å²) < 4.78 is 18.1. The zero-order chi connectivity index (χ0) is 8.65. The normalized spacial score (nSPS) is 51.5. The predicted molar refractivity (Wildman–Crippen MR) is 40.2 cm³/mol. The molecule has 1 aliphatic heterocycles. The van der Waals surface area contributed by atoms with E-state index in [9.17, 15) is 4.39 Å². The standard InChI is InChI=1S/C7H12BFO2/c1-4-5(9)6(8)11-7(4,2)3-10/h4-6,10H,3H2,1-2H3/t4-,5?,6-,7-/m1/s1. The highest BCUT2D eigenvalue weighted by Gasteiger charge is 2.47. The molecule has 4 heteroatoms. The van der Waals surface area contributed by atoms with Gasteiger partial charge in [-0.2, -0.15) is 0 Å². The Bertz CT molecular complexity index is 155. The number of aliphatic hydroxyl groups excluding tert-OH is 1. The second-order valence-corrected chi connectivity index (χ2v) is 3.29. The van der Waals surface area contributed by atoms with Gasteiger partial charge in [-0.3, -0.25) is 0 Å². The number of ether oxygens (including phenoxy) is 1. The first-order chi connectivity index (χ1) is 5.01. The monoisotopic (exact) mass is 158 g/mol. The Hall–Kier alpha value is -0.0851. The summed E-state index contributed by atoms with van der Waals surface area (Å²) in [4.78, 5) is 0. The largest absolute Gasteiger partial charge is 0.393 e. The van der Waals surface area contributed by atoms with Crippen molar-refractivity contribution in [2.24, 2.45) is 5.92 Å². The highest BCUT2D eigenvalue weighted by molar-refractivity contribution is 6.11. The van der Waals surface area contributed by atoms with Crippen LogP contribution in [0.2, 0.25) is 0 Å². The Morgan fingerprint density at radius 1 is 1.73 bits per heavy atom. The smallest absolute Gasteiger partial charge is 0.123 e. The van der Waals surface area contributed by atoms with Gasteiger partial charge < -0.3 is 9.84 Å². The van der Waals surface area contributed by atoms with Crippen molar-refractivity contribution in [3.05, 3.63) is 0 Å². The fourth-order valence-corrected chi connectivity index (χ4v) is 1.29. The number of halogens is 1. The van der Waals surface area contributed by atoms with Crippen LogP contribution >= 0.6 is 0 Å². The minimum absolute atomic E-state index is 0.192. The lowest BCUT2D eigenvalue weighted by Gasteiger charge is -2.25. The van der Waals surface area contributed by atoms with Gasteiger partial charge in [-0.25, -0.2) is 4.39 Å². The van der Waals surface area contributed by atoms with E-state index in [0.29, 0.717) is 0 Å². The first-order valence-electron chi connectivity index (χ1n) is 3.69. The Labute approximate surface area is 67.1 Å². The van der Waals surface area contributed by atoms with Crippen LogP contribution < -0.4 is 0 Å². The molecule has 11 heavy (non-hydrogen) atoms. The summed E-state index contributed by atoms with van der Waals surface area (Å²) in [5.74, 6) is -0.345. The molecular weight excluding hydrogens is 146 g/mol. The molecule has 2 nitrogen and oxygen atoms in total. The Kier molecular flexibility index (Phi) is 2.26. The quantitative estimate of drug-likeness (QED) is 0.553. The maximum absolute atomic E-state index is 13.0. The lowest BCUT2D eigenvalue weighted by atomic mass is 9.85. The molecule has 0 spiro atoms. The summed E-state index contributed by atoms with van der Waals surface area (Å²) in [5.41, 5.74) is -0.807. The van der Waals surface area contributed by atoms with E-state index in [4.69, 9.17) is 17.7 Å². The summed E-state index contributed by atoms with van der Waals surface area (Å²) in [7, 11) is 5.31. The summed E-state index contributed by atoms with van der Waals surface area (Å²) in [6.07, 6.45) is -1.17. The van der Waals surface area contributed by atoms with E-state index in [1.165, 1.54) is 0 Å². The van der Waals surface area contributed by atoms with E-state index in [1.807, 2.05) is 0 Å². The van der Waals surface area contributed by atoms with Crippen LogP contribution in [0.25, 0.3) is 0 Å². The molecule has 1 rings (SSSR count). The van der Waals surface area contributed by atoms with Gasteiger partial charge in [-0.05, 0) is 6.92 Å². The molecule has 1 saturated heterocycles. The molecule has 0 aliphatic carbocycles.